The van der Waals surface area contributed by atoms with Gasteiger partial charge in [-0.3, -0.25) is 4.79 Å². The Hall–Kier alpha value is -2.90. The number of benzene rings is 2. The highest BCUT2D eigenvalue weighted by molar-refractivity contribution is 6.32. The normalized spacial score (nSPS) is 18.6. The first-order valence-corrected chi connectivity index (χ1v) is 11.2. The molecule has 1 aliphatic heterocycles. The summed E-state index contributed by atoms with van der Waals surface area (Å²) in [5.41, 5.74) is 3.26. The van der Waals surface area contributed by atoms with Crippen LogP contribution < -0.4 is 0 Å². The molecule has 4 aromatic rings. The lowest BCUT2D eigenvalue weighted by atomic mass is 9.96. The summed E-state index contributed by atoms with van der Waals surface area (Å²) in [4.78, 5) is 22.2. The molecule has 7 nitrogen and oxygen atoms in total. The molecule has 0 radical (unpaired) electrons. The molecule has 3 heterocycles. The average molecular weight is 469 g/mol. The van der Waals surface area contributed by atoms with Crippen LogP contribution in [0.3, 0.4) is 0 Å². The molecule has 2 aromatic heterocycles. The minimum atomic E-state index is -0.582. The Morgan fingerprint density at radius 3 is 2.62 bits per heavy atom. The number of fused-ring (bicyclic) bond motifs is 1. The van der Waals surface area contributed by atoms with Crippen LogP contribution in [0.1, 0.15) is 41.5 Å². The van der Waals surface area contributed by atoms with Gasteiger partial charge in [0.15, 0.2) is 0 Å². The van der Waals surface area contributed by atoms with Crippen LogP contribution in [0, 0.1) is 6.92 Å². The number of halogens is 2. The van der Waals surface area contributed by atoms with Crippen LogP contribution in [0.2, 0.25) is 10.0 Å². The average Bonchev–Trinajstić information content (AvgIpc) is 3.50. The first-order valence-electron chi connectivity index (χ1n) is 10.4. The summed E-state index contributed by atoms with van der Waals surface area (Å²) in [6.45, 7) is 4.67. The summed E-state index contributed by atoms with van der Waals surface area (Å²) in [5.74, 6) is 0.714. The molecule has 1 unspecified atom stereocenters. The lowest BCUT2D eigenvalue weighted by molar-refractivity contribution is 0.0600. The van der Waals surface area contributed by atoms with Crippen molar-refractivity contribution in [3.63, 3.8) is 0 Å². The molecule has 0 bridgehead atoms. The van der Waals surface area contributed by atoms with Crippen molar-refractivity contribution in [3.8, 4) is 5.69 Å². The summed E-state index contributed by atoms with van der Waals surface area (Å²) >= 11 is 12.6. The third kappa shape index (κ3) is 3.11. The molecule has 0 N–H and O–H groups in total. The van der Waals surface area contributed by atoms with Gasteiger partial charge in [-0.2, -0.15) is 15.0 Å². The second-order valence-electron chi connectivity index (χ2n) is 8.35. The highest BCUT2D eigenvalue weighted by Crippen LogP contribution is 2.41. The van der Waals surface area contributed by atoms with E-state index in [9.17, 15) is 4.79 Å². The predicted molar refractivity (Wildman–Crippen MR) is 124 cm³/mol. The topological polar surface area (TPSA) is 68.8 Å². The van der Waals surface area contributed by atoms with E-state index in [1.165, 1.54) is 4.80 Å². The van der Waals surface area contributed by atoms with Crippen LogP contribution in [-0.2, 0) is 12.6 Å². The smallest absolute Gasteiger partial charge is 0.256 e. The Morgan fingerprint density at radius 2 is 1.88 bits per heavy atom. The van der Waals surface area contributed by atoms with E-state index < -0.39 is 5.54 Å². The van der Waals surface area contributed by atoms with Gasteiger partial charge in [-0.15, -0.1) is 0 Å². The van der Waals surface area contributed by atoms with Crippen LogP contribution in [0.4, 0.5) is 0 Å². The van der Waals surface area contributed by atoms with Gasteiger partial charge in [0.2, 0.25) is 0 Å². The minimum Gasteiger partial charge on any atom is -0.329 e. The Labute approximate surface area is 195 Å². The van der Waals surface area contributed by atoms with Crippen molar-refractivity contribution >= 4 is 40.1 Å². The molecule has 9 heteroatoms. The molecule has 1 aliphatic rings. The first kappa shape index (κ1) is 21.0. The molecular formula is C23H22Cl2N6O. The number of nitrogens with zero attached hydrogens (tertiary/aromatic N) is 6. The summed E-state index contributed by atoms with van der Waals surface area (Å²) < 4.78 is 2.07. The number of hydrogen-bond acceptors (Lipinski definition) is 4. The van der Waals surface area contributed by atoms with Crippen molar-refractivity contribution in [2.24, 2.45) is 7.05 Å². The van der Waals surface area contributed by atoms with Gasteiger partial charge < -0.3 is 9.47 Å². The van der Waals surface area contributed by atoms with E-state index in [1.54, 1.807) is 30.6 Å². The first-order chi connectivity index (χ1) is 15.3. The van der Waals surface area contributed by atoms with Gasteiger partial charge in [0.05, 0.1) is 40.2 Å². The maximum absolute atomic E-state index is 13.9. The Bertz CT molecular complexity index is 1350. The zero-order valence-corrected chi connectivity index (χ0v) is 19.5. The Morgan fingerprint density at radius 1 is 1.12 bits per heavy atom. The number of carbonyl (C=O) groups excluding carboxylic acids is 1. The number of amides is 1. The summed E-state index contributed by atoms with van der Waals surface area (Å²) in [6.07, 6.45) is 4.84. The van der Waals surface area contributed by atoms with Gasteiger partial charge >= 0.3 is 0 Å². The highest BCUT2D eigenvalue weighted by Gasteiger charge is 2.45. The number of carbonyl (C=O) groups is 1. The fourth-order valence-corrected chi connectivity index (χ4v) is 5.04. The molecule has 5 rings (SSSR count). The second-order valence-corrected chi connectivity index (χ2v) is 9.19. The summed E-state index contributed by atoms with van der Waals surface area (Å²) in [6, 6.07) is 9.05. The number of imidazole rings is 1. The van der Waals surface area contributed by atoms with Crippen molar-refractivity contribution in [1.82, 2.24) is 29.4 Å². The van der Waals surface area contributed by atoms with E-state index in [2.05, 4.69) is 21.7 Å². The maximum Gasteiger partial charge on any atom is 0.256 e. The Kier molecular flexibility index (Phi) is 4.98. The molecule has 2 aromatic carbocycles. The molecule has 1 fully saturated rings. The molecule has 32 heavy (non-hydrogen) atoms. The van der Waals surface area contributed by atoms with E-state index in [0.717, 1.165) is 35.3 Å². The van der Waals surface area contributed by atoms with Crippen LogP contribution in [0.5, 0.6) is 0 Å². The lowest BCUT2D eigenvalue weighted by Gasteiger charge is -2.35. The monoisotopic (exact) mass is 468 g/mol. The maximum atomic E-state index is 13.9. The molecule has 1 atom stereocenters. The molecule has 1 saturated heterocycles. The van der Waals surface area contributed by atoms with Crippen LogP contribution in [0.15, 0.2) is 42.7 Å². The summed E-state index contributed by atoms with van der Waals surface area (Å²) in [7, 11) is 1.99. The van der Waals surface area contributed by atoms with Crippen molar-refractivity contribution < 1.29 is 4.79 Å². The third-order valence-corrected chi connectivity index (χ3v) is 7.08. The van der Waals surface area contributed by atoms with Crippen molar-refractivity contribution in [2.45, 2.75) is 32.2 Å². The fourth-order valence-electron chi connectivity index (χ4n) is 4.71. The molecule has 0 spiro atoms. The van der Waals surface area contributed by atoms with Gasteiger partial charge in [-0.1, -0.05) is 23.2 Å². The summed E-state index contributed by atoms with van der Waals surface area (Å²) in [5, 5.41) is 9.57. The number of aryl methyl sites for hydroxylation is 2. The largest absolute Gasteiger partial charge is 0.329 e. The third-order valence-electron chi connectivity index (χ3n) is 6.43. The number of rotatable bonds is 3. The van der Waals surface area contributed by atoms with Gasteiger partial charge in [0.1, 0.15) is 5.82 Å². The minimum absolute atomic E-state index is 0.124. The van der Waals surface area contributed by atoms with Crippen LogP contribution in [0.25, 0.3) is 16.7 Å². The lowest BCUT2D eigenvalue weighted by Crippen LogP contribution is -2.44. The number of hydrogen-bond donors (Lipinski definition) is 0. The second kappa shape index (κ2) is 7.60. The molecule has 0 aliphatic carbocycles. The van der Waals surface area contributed by atoms with E-state index in [4.69, 9.17) is 28.2 Å². The van der Waals surface area contributed by atoms with Crippen molar-refractivity contribution in [1.29, 1.82) is 0 Å². The van der Waals surface area contributed by atoms with Gasteiger partial charge in [-0.05, 0) is 62.6 Å². The SMILES string of the molecule is Cc1c(Cl)ccc2c1nc(C1(C)CCCN1C(=O)c1cc(Cl)ccc1-n1nccn1)n2C. The van der Waals surface area contributed by atoms with Gasteiger partial charge in [-0.25, -0.2) is 4.98 Å². The van der Waals surface area contributed by atoms with Gasteiger partial charge in [0.25, 0.3) is 5.91 Å². The van der Waals surface area contributed by atoms with Crippen LogP contribution >= 0.6 is 23.2 Å². The standard InChI is InChI=1S/C23H22Cl2N6O/c1-14-17(25)6-8-19-20(14)28-22(29(19)3)23(2)9-4-12-30(23)21(32)16-13-15(24)5-7-18(16)31-26-10-11-27-31/h5-8,10-11,13H,4,9,12H2,1-3H3. The van der Waals surface area contributed by atoms with E-state index in [0.29, 0.717) is 27.8 Å². The molecule has 164 valence electrons. The van der Waals surface area contributed by atoms with Gasteiger partial charge in [0, 0.05) is 23.6 Å². The molecule has 1 amide bonds. The predicted octanol–water partition coefficient (Wildman–Crippen LogP) is 4.92. The van der Waals surface area contributed by atoms with E-state index >= 15 is 0 Å². The molecule has 0 saturated carbocycles. The Balaban J connectivity index is 1.63. The fraction of sp³-hybridized carbons (Fsp3) is 0.304. The van der Waals surface area contributed by atoms with Crippen LogP contribution in [-0.4, -0.2) is 41.9 Å². The molecular weight excluding hydrogens is 447 g/mol. The zero-order chi connectivity index (χ0) is 22.6. The van der Waals surface area contributed by atoms with Crippen molar-refractivity contribution in [2.75, 3.05) is 6.54 Å². The number of aromatic nitrogens is 5. The number of likely N-dealkylation sites (tertiary alicyclic amines) is 1. The quantitative estimate of drug-likeness (QED) is 0.427. The van der Waals surface area contributed by atoms with E-state index in [1.807, 2.05) is 31.0 Å². The van der Waals surface area contributed by atoms with E-state index in [-0.39, 0.29) is 5.91 Å². The zero-order valence-electron chi connectivity index (χ0n) is 18.0. The van der Waals surface area contributed by atoms with Crippen molar-refractivity contribution in [3.05, 3.63) is 69.7 Å². The highest BCUT2D eigenvalue weighted by atomic mass is 35.5.